The molecule has 0 saturated carbocycles. The van der Waals surface area contributed by atoms with Crippen LogP contribution in [0.15, 0.2) is 28.8 Å². The van der Waals surface area contributed by atoms with Crippen molar-refractivity contribution in [2.45, 2.75) is 12.1 Å². The second-order valence-electron chi connectivity index (χ2n) is 5.75. The molecule has 8 nitrogen and oxygen atoms in total. The maximum Gasteiger partial charge on any atom is 0.349 e. The summed E-state index contributed by atoms with van der Waals surface area (Å²) in [5, 5.41) is 5.17. The van der Waals surface area contributed by atoms with E-state index in [1.165, 1.54) is 19.2 Å². The van der Waals surface area contributed by atoms with Gasteiger partial charge in [0.2, 0.25) is 18.4 Å². The summed E-state index contributed by atoms with van der Waals surface area (Å²) in [6.07, 6.45) is 0.557. The minimum absolute atomic E-state index is 0.0477. The number of sulfonamides is 1. The first-order valence-corrected chi connectivity index (χ1v) is 12.6. The van der Waals surface area contributed by atoms with Gasteiger partial charge >= 0.3 is 5.66 Å². The molecule has 0 aliphatic carbocycles. The Morgan fingerprint density at radius 2 is 2.00 bits per heavy atom. The average molecular weight is 549 g/mol. The standard InChI is InChI=1S/C15H15BrF2NO6PS2.CH5N/c1-8(2-3-28(19,23)24)7-25-11-5-9(6-20)4-10-12(16)14(27-13(10)11)15(17,18)26(21)22;1-2/h4-6,21-22H,1-3,7H2,(H2,19,23,24);2H2,1H3. The van der Waals surface area contributed by atoms with E-state index in [0.717, 1.165) is 0 Å². The molecule has 1 heterocycles. The highest BCUT2D eigenvalue weighted by Gasteiger charge is 2.45. The molecule has 2 aromatic rings. The zero-order valence-corrected chi connectivity index (χ0v) is 19.8. The highest BCUT2D eigenvalue weighted by Crippen LogP contribution is 2.58. The maximum absolute atomic E-state index is 14.1. The van der Waals surface area contributed by atoms with Crippen LogP contribution in [0.3, 0.4) is 0 Å². The van der Waals surface area contributed by atoms with Crippen LogP contribution < -0.4 is 15.6 Å². The molecule has 6 N–H and O–H groups in total. The van der Waals surface area contributed by atoms with Gasteiger partial charge < -0.3 is 20.3 Å². The van der Waals surface area contributed by atoms with Crippen LogP contribution in [0.5, 0.6) is 5.75 Å². The van der Waals surface area contributed by atoms with Crippen molar-refractivity contribution in [1.82, 2.24) is 0 Å². The number of primary sulfonamides is 1. The van der Waals surface area contributed by atoms with Crippen LogP contribution >= 0.6 is 35.6 Å². The fourth-order valence-electron chi connectivity index (χ4n) is 2.16. The van der Waals surface area contributed by atoms with Crippen molar-refractivity contribution in [3.05, 3.63) is 39.2 Å². The van der Waals surface area contributed by atoms with E-state index < -0.39 is 28.9 Å². The van der Waals surface area contributed by atoms with Crippen molar-refractivity contribution in [2.24, 2.45) is 10.9 Å². The number of aldehydes is 1. The van der Waals surface area contributed by atoms with E-state index >= 15 is 0 Å². The smallest absolute Gasteiger partial charge is 0.349 e. The topological polar surface area (TPSA) is 153 Å². The van der Waals surface area contributed by atoms with Crippen molar-refractivity contribution in [2.75, 3.05) is 19.4 Å². The van der Waals surface area contributed by atoms with E-state index in [9.17, 15) is 22.0 Å². The molecule has 0 amide bonds. The van der Waals surface area contributed by atoms with Crippen molar-refractivity contribution < 1.29 is 36.5 Å². The Bertz CT molecular complexity index is 1030. The Labute approximate surface area is 185 Å². The van der Waals surface area contributed by atoms with Gasteiger partial charge in [0.15, 0.2) is 0 Å². The van der Waals surface area contributed by atoms with Gasteiger partial charge in [-0.15, -0.1) is 11.3 Å². The number of hydrogen-bond acceptors (Lipinski definition) is 8. The molecule has 0 aliphatic rings. The van der Waals surface area contributed by atoms with E-state index in [-0.39, 0.29) is 44.7 Å². The number of fused-ring (bicyclic) bond motifs is 1. The molecule has 0 aliphatic heterocycles. The van der Waals surface area contributed by atoms with Crippen LogP contribution in [-0.2, 0) is 15.7 Å². The Kier molecular flexibility index (Phi) is 9.90. The highest BCUT2D eigenvalue weighted by molar-refractivity contribution is 9.10. The van der Waals surface area contributed by atoms with Crippen LogP contribution in [0.1, 0.15) is 21.7 Å². The molecule has 0 saturated heterocycles. The van der Waals surface area contributed by atoms with Crippen LogP contribution in [0, 0.1) is 0 Å². The number of nitrogens with two attached hydrogens (primary N) is 2. The lowest BCUT2D eigenvalue weighted by Crippen LogP contribution is -2.17. The number of carbonyl (C=O) groups excluding carboxylic acids is 1. The van der Waals surface area contributed by atoms with Gasteiger partial charge in [-0.1, -0.05) is 6.58 Å². The molecule has 1 aromatic carbocycles. The third-order valence-corrected chi connectivity index (χ3v) is 7.58. The number of thiophene rings is 1. The average Bonchev–Trinajstić information content (AvgIpc) is 3.02. The van der Waals surface area contributed by atoms with E-state index in [1.807, 2.05) is 0 Å². The lowest BCUT2D eigenvalue weighted by molar-refractivity contribution is 0.0766. The largest absolute Gasteiger partial charge is 0.488 e. The zero-order chi connectivity index (χ0) is 23.3. The first-order valence-electron chi connectivity index (χ1n) is 8.02. The first-order chi connectivity index (χ1) is 13.9. The summed E-state index contributed by atoms with van der Waals surface area (Å²) in [4.78, 5) is 28.7. The summed E-state index contributed by atoms with van der Waals surface area (Å²) >= 11 is 3.62. The monoisotopic (exact) mass is 548 g/mol. The Balaban J connectivity index is 0.00000218. The molecular formula is C16H20BrF2N2O6PS2. The number of benzene rings is 1. The minimum Gasteiger partial charge on any atom is -0.488 e. The lowest BCUT2D eigenvalue weighted by atomic mass is 10.1. The molecule has 168 valence electrons. The van der Waals surface area contributed by atoms with E-state index in [0.29, 0.717) is 23.2 Å². The van der Waals surface area contributed by atoms with Gasteiger partial charge in [0.1, 0.15) is 18.6 Å². The number of hydrogen-bond donors (Lipinski definition) is 4. The second-order valence-corrected chi connectivity index (χ2v) is 10.4. The molecule has 1 aromatic heterocycles. The zero-order valence-electron chi connectivity index (χ0n) is 15.6. The fourth-order valence-corrected chi connectivity index (χ4v) is 5.51. The molecule has 2 rings (SSSR count). The van der Waals surface area contributed by atoms with Crippen LogP contribution in [-0.4, -0.2) is 43.9 Å². The van der Waals surface area contributed by atoms with Gasteiger partial charge in [0, 0.05) is 15.4 Å². The van der Waals surface area contributed by atoms with Gasteiger partial charge in [-0.2, -0.15) is 8.78 Å². The summed E-state index contributed by atoms with van der Waals surface area (Å²) in [6.45, 7) is 3.55. The molecule has 0 fully saturated rings. The summed E-state index contributed by atoms with van der Waals surface area (Å²) in [5.41, 5.74) is 1.17. The number of alkyl halides is 2. The first kappa shape index (κ1) is 27.0. The fraction of sp³-hybridized carbons (Fsp3) is 0.312. The molecule has 0 atom stereocenters. The van der Waals surface area contributed by atoms with E-state index in [4.69, 9.17) is 19.7 Å². The van der Waals surface area contributed by atoms with Crippen LogP contribution in [0.2, 0.25) is 0 Å². The molecular weight excluding hydrogens is 529 g/mol. The molecule has 30 heavy (non-hydrogen) atoms. The summed E-state index contributed by atoms with van der Waals surface area (Å²) in [6, 6.07) is 2.70. The Hall–Kier alpha value is -1.05. The van der Waals surface area contributed by atoms with Gasteiger partial charge in [-0.05, 0) is 47.1 Å². The van der Waals surface area contributed by atoms with Gasteiger partial charge in [-0.3, -0.25) is 4.79 Å². The van der Waals surface area contributed by atoms with Gasteiger partial charge in [-0.25, -0.2) is 13.6 Å². The predicted octanol–water partition coefficient (Wildman–Crippen LogP) is 3.01. The SMILES string of the molecule is C=C(CCS(N)(=O)=O)COc1cc(C=O)cc2c(Br)c(C(F)(F)P(O)O)sc12.CN. The third kappa shape index (κ3) is 6.72. The van der Waals surface area contributed by atoms with E-state index in [1.54, 1.807) is 0 Å². The minimum atomic E-state index is -3.88. The highest BCUT2D eigenvalue weighted by atomic mass is 79.9. The number of ether oxygens (including phenoxy) is 1. The summed E-state index contributed by atoms with van der Waals surface area (Å²) in [7, 11) is -5.74. The van der Waals surface area contributed by atoms with Gasteiger partial charge in [0.05, 0.1) is 15.3 Å². The Morgan fingerprint density at radius 3 is 2.50 bits per heavy atom. The third-order valence-electron chi connectivity index (χ3n) is 3.55. The van der Waals surface area contributed by atoms with Crippen molar-refractivity contribution in [1.29, 1.82) is 0 Å². The normalized spacial score (nSPS) is 11.9. The second kappa shape index (κ2) is 11.0. The quantitative estimate of drug-likeness (QED) is 0.213. The van der Waals surface area contributed by atoms with Crippen LogP contribution in [0.25, 0.3) is 10.1 Å². The molecule has 14 heteroatoms. The molecule has 0 spiro atoms. The van der Waals surface area contributed by atoms with E-state index in [2.05, 4.69) is 28.2 Å². The predicted molar refractivity (Wildman–Crippen MR) is 118 cm³/mol. The summed E-state index contributed by atoms with van der Waals surface area (Å²) < 4.78 is 56.0. The van der Waals surface area contributed by atoms with Crippen molar-refractivity contribution >= 4 is 62.0 Å². The van der Waals surface area contributed by atoms with Gasteiger partial charge in [0.25, 0.3) is 0 Å². The van der Waals surface area contributed by atoms with Crippen molar-refractivity contribution in [3.8, 4) is 5.75 Å². The number of halogens is 3. The number of carbonyl (C=O) groups is 1. The molecule has 0 bridgehead atoms. The molecule has 0 radical (unpaired) electrons. The Morgan fingerprint density at radius 1 is 1.40 bits per heavy atom. The lowest BCUT2D eigenvalue weighted by Gasteiger charge is -2.15. The van der Waals surface area contributed by atoms with Crippen LogP contribution in [0.4, 0.5) is 8.78 Å². The molecule has 0 unspecified atom stereocenters. The summed E-state index contributed by atoms with van der Waals surface area (Å²) in [5.74, 6) is -0.222. The van der Waals surface area contributed by atoms with Crippen molar-refractivity contribution in [3.63, 3.8) is 0 Å². The maximum atomic E-state index is 14.1. The number of rotatable bonds is 9.